The number of aromatic nitrogens is 2. The third-order valence-electron chi connectivity index (χ3n) is 1.92. The van der Waals surface area contributed by atoms with E-state index in [-0.39, 0.29) is 25.1 Å². The summed E-state index contributed by atoms with van der Waals surface area (Å²) in [6.07, 6.45) is 3.51. The highest BCUT2D eigenvalue weighted by molar-refractivity contribution is 5.79. The summed E-state index contributed by atoms with van der Waals surface area (Å²) in [6.45, 7) is 3.92. The van der Waals surface area contributed by atoms with Crippen molar-refractivity contribution in [1.29, 1.82) is 0 Å². The Morgan fingerprint density at radius 2 is 2.50 bits per heavy atom. The lowest BCUT2D eigenvalue weighted by Crippen LogP contribution is -2.33. The molecule has 0 aromatic carbocycles. The molecule has 0 saturated heterocycles. The lowest BCUT2D eigenvalue weighted by molar-refractivity contribution is -0.124. The van der Waals surface area contributed by atoms with Crippen LogP contribution in [0.25, 0.3) is 0 Å². The van der Waals surface area contributed by atoms with Crippen LogP contribution in [0.1, 0.15) is 18.5 Å². The predicted octanol–water partition coefficient (Wildman–Crippen LogP) is -0.139. The first kappa shape index (κ1) is 10.7. The number of amides is 1. The maximum Gasteiger partial charge on any atom is 0.244 e. The van der Waals surface area contributed by atoms with Gasteiger partial charge < -0.3 is 10.4 Å². The van der Waals surface area contributed by atoms with Crippen molar-refractivity contribution in [2.45, 2.75) is 19.9 Å². The molecule has 0 spiro atoms. The van der Waals surface area contributed by atoms with Gasteiger partial charge in [0.25, 0.3) is 0 Å². The summed E-state index contributed by atoms with van der Waals surface area (Å²) in [4.78, 5) is 11.4. The van der Waals surface area contributed by atoms with Crippen LogP contribution in [0.15, 0.2) is 12.4 Å². The van der Waals surface area contributed by atoms with Crippen LogP contribution in [0.3, 0.4) is 0 Å². The van der Waals surface area contributed by atoms with E-state index in [2.05, 4.69) is 10.4 Å². The molecule has 0 fully saturated rings. The standard InChI is InChI=1S/C9H15N3O2/c1-7-5-11-12(6-7)8(2)9(14)10-3-4-13/h5-6,8,13H,3-4H2,1-2H3,(H,10,14). The lowest BCUT2D eigenvalue weighted by Gasteiger charge is -2.11. The molecule has 0 aliphatic carbocycles. The van der Waals surface area contributed by atoms with Gasteiger partial charge in [-0.05, 0) is 19.4 Å². The Kier molecular flexibility index (Phi) is 3.64. The van der Waals surface area contributed by atoms with E-state index in [1.807, 2.05) is 13.1 Å². The van der Waals surface area contributed by atoms with Gasteiger partial charge in [-0.1, -0.05) is 0 Å². The van der Waals surface area contributed by atoms with Crippen molar-refractivity contribution >= 4 is 5.91 Å². The zero-order valence-electron chi connectivity index (χ0n) is 8.40. The number of nitrogens with zero attached hydrogens (tertiary/aromatic N) is 2. The molecule has 0 radical (unpaired) electrons. The highest BCUT2D eigenvalue weighted by atomic mass is 16.3. The summed E-state index contributed by atoms with van der Waals surface area (Å²) >= 11 is 0. The van der Waals surface area contributed by atoms with Crippen molar-refractivity contribution in [3.8, 4) is 0 Å². The van der Waals surface area contributed by atoms with Gasteiger partial charge in [-0.15, -0.1) is 0 Å². The quantitative estimate of drug-likeness (QED) is 0.706. The van der Waals surface area contributed by atoms with Gasteiger partial charge in [0.1, 0.15) is 6.04 Å². The second-order valence-corrected chi connectivity index (χ2v) is 3.19. The van der Waals surface area contributed by atoms with Gasteiger partial charge in [-0.25, -0.2) is 0 Å². The summed E-state index contributed by atoms with van der Waals surface area (Å²) < 4.78 is 1.60. The van der Waals surface area contributed by atoms with Crippen LogP contribution < -0.4 is 5.32 Å². The molecular weight excluding hydrogens is 182 g/mol. The van der Waals surface area contributed by atoms with E-state index in [1.165, 1.54) is 0 Å². The molecule has 14 heavy (non-hydrogen) atoms. The number of aryl methyl sites for hydroxylation is 1. The first-order chi connectivity index (χ1) is 6.65. The molecule has 1 atom stereocenters. The van der Waals surface area contributed by atoms with E-state index in [1.54, 1.807) is 17.8 Å². The Morgan fingerprint density at radius 1 is 1.79 bits per heavy atom. The number of aliphatic hydroxyl groups is 1. The van der Waals surface area contributed by atoms with E-state index in [9.17, 15) is 4.79 Å². The second kappa shape index (κ2) is 4.76. The summed E-state index contributed by atoms with van der Waals surface area (Å²) in [6, 6.07) is -0.338. The highest BCUT2D eigenvalue weighted by Crippen LogP contribution is 2.05. The molecule has 1 heterocycles. The summed E-state index contributed by atoms with van der Waals surface area (Å²) in [5.74, 6) is -0.137. The predicted molar refractivity (Wildman–Crippen MR) is 51.8 cm³/mol. The van der Waals surface area contributed by atoms with Crippen molar-refractivity contribution < 1.29 is 9.90 Å². The molecule has 5 heteroatoms. The third kappa shape index (κ3) is 2.56. The normalized spacial score (nSPS) is 12.5. The van der Waals surface area contributed by atoms with Crippen LogP contribution >= 0.6 is 0 Å². The van der Waals surface area contributed by atoms with Crippen molar-refractivity contribution in [2.24, 2.45) is 0 Å². The largest absolute Gasteiger partial charge is 0.395 e. The fraction of sp³-hybridized carbons (Fsp3) is 0.556. The molecular formula is C9H15N3O2. The Bertz CT molecular complexity index is 309. The van der Waals surface area contributed by atoms with Gasteiger partial charge in [0.05, 0.1) is 12.8 Å². The molecule has 1 aromatic rings. The van der Waals surface area contributed by atoms with Gasteiger partial charge in [0, 0.05) is 12.7 Å². The van der Waals surface area contributed by atoms with E-state index in [4.69, 9.17) is 5.11 Å². The van der Waals surface area contributed by atoms with E-state index >= 15 is 0 Å². The second-order valence-electron chi connectivity index (χ2n) is 3.19. The molecule has 0 bridgehead atoms. The maximum atomic E-state index is 11.4. The van der Waals surface area contributed by atoms with Crippen molar-refractivity contribution in [3.05, 3.63) is 18.0 Å². The van der Waals surface area contributed by atoms with Crippen LogP contribution in [0.5, 0.6) is 0 Å². The molecule has 1 aromatic heterocycles. The summed E-state index contributed by atoms with van der Waals surface area (Å²) in [5.41, 5.74) is 1.02. The minimum Gasteiger partial charge on any atom is -0.395 e. The van der Waals surface area contributed by atoms with Crippen LogP contribution in [-0.2, 0) is 4.79 Å². The first-order valence-corrected chi connectivity index (χ1v) is 4.54. The average molecular weight is 197 g/mol. The van der Waals surface area contributed by atoms with Gasteiger partial charge in [0.15, 0.2) is 0 Å². The molecule has 1 amide bonds. The number of carbonyl (C=O) groups is 1. The molecule has 5 nitrogen and oxygen atoms in total. The van der Waals surface area contributed by atoms with Gasteiger partial charge >= 0.3 is 0 Å². The van der Waals surface area contributed by atoms with E-state index < -0.39 is 0 Å². The fourth-order valence-corrected chi connectivity index (χ4v) is 1.09. The Labute approximate surface area is 82.7 Å². The minimum absolute atomic E-state index is 0.0450. The zero-order valence-corrected chi connectivity index (χ0v) is 8.40. The van der Waals surface area contributed by atoms with Crippen LogP contribution in [0, 0.1) is 6.92 Å². The molecule has 78 valence electrons. The van der Waals surface area contributed by atoms with Crippen LogP contribution in [-0.4, -0.2) is 33.9 Å². The monoisotopic (exact) mass is 197 g/mol. The summed E-state index contributed by atoms with van der Waals surface area (Å²) in [7, 11) is 0. The topological polar surface area (TPSA) is 67.2 Å². The zero-order chi connectivity index (χ0) is 10.6. The Balaban J connectivity index is 2.56. The van der Waals surface area contributed by atoms with Crippen LogP contribution in [0.4, 0.5) is 0 Å². The highest BCUT2D eigenvalue weighted by Gasteiger charge is 2.14. The molecule has 2 N–H and O–H groups in total. The molecule has 1 rings (SSSR count). The summed E-state index contributed by atoms with van der Waals surface area (Å²) in [5, 5.41) is 15.2. The van der Waals surface area contributed by atoms with Crippen molar-refractivity contribution in [2.75, 3.05) is 13.2 Å². The van der Waals surface area contributed by atoms with Gasteiger partial charge in [0.2, 0.25) is 5.91 Å². The van der Waals surface area contributed by atoms with Crippen molar-refractivity contribution in [3.63, 3.8) is 0 Å². The third-order valence-corrected chi connectivity index (χ3v) is 1.92. The SMILES string of the molecule is Cc1cnn(C(C)C(=O)NCCO)c1. The number of aliphatic hydroxyl groups excluding tert-OH is 1. The molecule has 1 unspecified atom stereocenters. The van der Waals surface area contributed by atoms with E-state index in [0.717, 1.165) is 5.56 Å². The molecule has 0 saturated carbocycles. The maximum absolute atomic E-state index is 11.4. The fourth-order valence-electron chi connectivity index (χ4n) is 1.09. The van der Waals surface area contributed by atoms with Crippen molar-refractivity contribution in [1.82, 2.24) is 15.1 Å². The minimum atomic E-state index is -0.338. The first-order valence-electron chi connectivity index (χ1n) is 4.54. The average Bonchev–Trinajstić information content (AvgIpc) is 2.60. The number of nitrogens with one attached hydrogen (secondary N) is 1. The molecule has 0 aliphatic heterocycles. The van der Waals surface area contributed by atoms with Gasteiger partial charge in [-0.3, -0.25) is 9.48 Å². The lowest BCUT2D eigenvalue weighted by atomic mass is 10.3. The number of hydrogen-bond donors (Lipinski definition) is 2. The van der Waals surface area contributed by atoms with Gasteiger partial charge in [-0.2, -0.15) is 5.10 Å². The smallest absolute Gasteiger partial charge is 0.244 e. The number of rotatable bonds is 4. The van der Waals surface area contributed by atoms with Crippen LogP contribution in [0.2, 0.25) is 0 Å². The molecule has 0 aliphatic rings. The Hall–Kier alpha value is -1.36. The Morgan fingerprint density at radius 3 is 3.00 bits per heavy atom. The number of carbonyl (C=O) groups excluding carboxylic acids is 1. The van der Waals surface area contributed by atoms with E-state index in [0.29, 0.717) is 0 Å². The number of hydrogen-bond acceptors (Lipinski definition) is 3.